The first kappa shape index (κ1) is 15.3. The molecule has 118 valence electrons. The van der Waals surface area contributed by atoms with Crippen LogP contribution in [0.25, 0.3) is 10.9 Å². The molecule has 0 aliphatic carbocycles. The molecule has 5 nitrogen and oxygen atoms in total. The van der Waals surface area contributed by atoms with E-state index < -0.39 is 10.0 Å². The fourth-order valence-corrected chi connectivity index (χ4v) is 3.40. The smallest absolute Gasteiger partial charge is 0.261 e. The molecule has 0 amide bonds. The largest absolute Gasteiger partial charge is 0.494 e. The Balaban J connectivity index is 2.06. The molecule has 23 heavy (non-hydrogen) atoms. The summed E-state index contributed by atoms with van der Waals surface area (Å²) in [5.74, 6) is 0.596. The van der Waals surface area contributed by atoms with Gasteiger partial charge in [0.2, 0.25) is 0 Å². The van der Waals surface area contributed by atoms with Gasteiger partial charge in [0.1, 0.15) is 11.3 Å². The highest BCUT2D eigenvalue weighted by atomic mass is 32.2. The van der Waals surface area contributed by atoms with E-state index in [1.54, 1.807) is 61.8 Å². The summed E-state index contributed by atoms with van der Waals surface area (Å²) in [6, 6.07) is 13.6. The molecule has 2 aromatic carbocycles. The zero-order valence-electron chi connectivity index (χ0n) is 12.8. The molecular weight excluding hydrogens is 312 g/mol. The second-order valence-electron chi connectivity index (χ2n) is 5.13. The van der Waals surface area contributed by atoms with Crippen LogP contribution in [0.5, 0.6) is 5.75 Å². The summed E-state index contributed by atoms with van der Waals surface area (Å²) in [5.41, 5.74) is 2.08. The topological polar surface area (TPSA) is 68.3 Å². The third-order valence-corrected chi connectivity index (χ3v) is 4.91. The predicted molar refractivity (Wildman–Crippen MR) is 90.3 cm³/mol. The lowest BCUT2D eigenvalue weighted by Gasteiger charge is -2.12. The highest BCUT2D eigenvalue weighted by Gasteiger charge is 2.16. The fourth-order valence-electron chi connectivity index (χ4n) is 2.32. The number of benzene rings is 2. The molecule has 0 spiro atoms. The van der Waals surface area contributed by atoms with E-state index in [0.717, 1.165) is 5.56 Å². The van der Waals surface area contributed by atoms with Crippen LogP contribution >= 0.6 is 0 Å². The van der Waals surface area contributed by atoms with Crippen LogP contribution in [0, 0.1) is 6.92 Å². The number of methoxy groups -OCH3 is 1. The number of aryl methyl sites for hydroxylation is 1. The van der Waals surface area contributed by atoms with Crippen LogP contribution in [-0.2, 0) is 10.0 Å². The molecule has 0 aliphatic heterocycles. The molecule has 0 unspecified atom stereocenters. The van der Waals surface area contributed by atoms with Gasteiger partial charge in [-0.25, -0.2) is 8.42 Å². The summed E-state index contributed by atoms with van der Waals surface area (Å²) in [6.07, 6.45) is 1.64. The van der Waals surface area contributed by atoms with Crippen LogP contribution in [0.4, 0.5) is 5.69 Å². The Morgan fingerprint density at radius 1 is 1.04 bits per heavy atom. The van der Waals surface area contributed by atoms with Crippen molar-refractivity contribution in [2.24, 2.45) is 0 Å². The minimum absolute atomic E-state index is 0.218. The Bertz CT molecular complexity index is 951. The Kier molecular flexibility index (Phi) is 3.92. The van der Waals surface area contributed by atoms with Crippen LogP contribution in [0.2, 0.25) is 0 Å². The summed E-state index contributed by atoms with van der Waals surface area (Å²) < 4.78 is 33.0. The number of hydrogen-bond donors (Lipinski definition) is 1. The first-order valence-electron chi connectivity index (χ1n) is 7.02. The second kappa shape index (κ2) is 5.89. The molecule has 1 heterocycles. The number of fused-ring (bicyclic) bond motifs is 1. The molecule has 3 rings (SSSR count). The minimum Gasteiger partial charge on any atom is -0.494 e. The lowest BCUT2D eigenvalue weighted by molar-refractivity contribution is 0.419. The van der Waals surface area contributed by atoms with E-state index in [9.17, 15) is 8.42 Å². The molecule has 0 bridgehead atoms. The van der Waals surface area contributed by atoms with Gasteiger partial charge < -0.3 is 4.74 Å². The number of nitrogens with zero attached hydrogens (tertiary/aromatic N) is 1. The number of aromatic nitrogens is 1. The summed E-state index contributed by atoms with van der Waals surface area (Å²) in [6.45, 7) is 1.91. The molecular formula is C17H16N2O3S. The lowest BCUT2D eigenvalue weighted by atomic mass is 10.2. The van der Waals surface area contributed by atoms with E-state index in [1.807, 2.05) is 6.92 Å². The number of sulfonamides is 1. The molecule has 0 aliphatic rings. The molecule has 0 radical (unpaired) electrons. The Morgan fingerprint density at radius 2 is 1.78 bits per heavy atom. The summed E-state index contributed by atoms with van der Waals surface area (Å²) in [4.78, 5) is 4.49. The van der Waals surface area contributed by atoms with E-state index in [0.29, 0.717) is 22.3 Å². The summed E-state index contributed by atoms with van der Waals surface area (Å²) in [5, 5.41) is 0.683. The SMILES string of the molecule is COc1ccc(NS(=O)(=O)c2ccc(C)cc2)c2cccnc12. The maximum atomic E-state index is 12.5. The molecule has 0 fully saturated rings. The second-order valence-corrected chi connectivity index (χ2v) is 6.82. The van der Waals surface area contributed by atoms with Crippen molar-refractivity contribution in [1.82, 2.24) is 4.98 Å². The normalized spacial score (nSPS) is 11.4. The molecule has 1 N–H and O–H groups in total. The number of anilines is 1. The van der Waals surface area contributed by atoms with Crippen molar-refractivity contribution in [2.45, 2.75) is 11.8 Å². The van der Waals surface area contributed by atoms with Gasteiger partial charge in [-0.15, -0.1) is 0 Å². The van der Waals surface area contributed by atoms with Crippen LogP contribution in [-0.4, -0.2) is 20.5 Å². The Labute approximate surface area is 135 Å². The number of ether oxygens (including phenoxy) is 1. The van der Waals surface area contributed by atoms with Crippen molar-refractivity contribution < 1.29 is 13.2 Å². The van der Waals surface area contributed by atoms with Gasteiger partial charge in [-0.1, -0.05) is 17.7 Å². The summed E-state index contributed by atoms with van der Waals surface area (Å²) >= 11 is 0. The average molecular weight is 328 g/mol. The van der Waals surface area contributed by atoms with E-state index in [2.05, 4.69) is 9.71 Å². The zero-order valence-corrected chi connectivity index (χ0v) is 13.6. The summed E-state index contributed by atoms with van der Waals surface area (Å²) in [7, 11) is -2.10. The molecule has 6 heteroatoms. The van der Waals surface area contributed by atoms with Crippen molar-refractivity contribution in [3.63, 3.8) is 0 Å². The molecule has 1 aromatic heterocycles. The van der Waals surface area contributed by atoms with Crippen LogP contribution in [0.3, 0.4) is 0 Å². The molecule has 0 saturated carbocycles. The van der Waals surface area contributed by atoms with E-state index >= 15 is 0 Å². The quantitative estimate of drug-likeness (QED) is 0.797. The maximum Gasteiger partial charge on any atom is 0.261 e. The highest BCUT2D eigenvalue weighted by Crippen LogP contribution is 2.31. The number of nitrogens with one attached hydrogen (secondary N) is 1. The van der Waals surface area contributed by atoms with Crippen LogP contribution < -0.4 is 9.46 Å². The maximum absolute atomic E-state index is 12.5. The number of pyridine rings is 1. The van der Waals surface area contributed by atoms with Gasteiger partial charge in [0.25, 0.3) is 10.0 Å². The lowest BCUT2D eigenvalue weighted by Crippen LogP contribution is -2.13. The van der Waals surface area contributed by atoms with Crippen molar-refractivity contribution in [3.05, 3.63) is 60.3 Å². The van der Waals surface area contributed by atoms with Gasteiger partial charge in [-0.05, 0) is 43.3 Å². The van der Waals surface area contributed by atoms with Crippen LogP contribution in [0.15, 0.2) is 59.6 Å². The third-order valence-electron chi connectivity index (χ3n) is 3.53. The predicted octanol–water partition coefficient (Wildman–Crippen LogP) is 3.35. The highest BCUT2D eigenvalue weighted by molar-refractivity contribution is 7.92. The Morgan fingerprint density at radius 3 is 2.48 bits per heavy atom. The van der Waals surface area contributed by atoms with E-state index in [-0.39, 0.29) is 4.90 Å². The molecule has 0 saturated heterocycles. The van der Waals surface area contributed by atoms with Crippen LogP contribution in [0.1, 0.15) is 5.56 Å². The first-order chi connectivity index (χ1) is 11.0. The zero-order chi connectivity index (χ0) is 16.4. The van der Waals surface area contributed by atoms with E-state index in [4.69, 9.17) is 4.74 Å². The Hall–Kier alpha value is -2.60. The monoisotopic (exact) mass is 328 g/mol. The standard InChI is InChI=1S/C17H16N2O3S/c1-12-5-7-13(8-6-12)23(20,21)19-15-9-10-16(22-2)17-14(15)4-3-11-18-17/h3-11,19H,1-2H3. The van der Waals surface area contributed by atoms with Crippen molar-refractivity contribution in [1.29, 1.82) is 0 Å². The van der Waals surface area contributed by atoms with Gasteiger partial charge >= 0.3 is 0 Å². The number of rotatable bonds is 4. The van der Waals surface area contributed by atoms with Gasteiger partial charge in [0.05, 0.1) is 17.7 Å². The number of hydrogen-bond acceptors (Lipinski definition) is 4. The minimum atomic E-state index is -3.66. The fraction of sp³-hybridized carbons (Fsp3) is 0.118. The molecule has 0 atom stereocenters. The average Bonchev–Trinajstić information content (AvgIpc) is 2.55. The first-order valence-corrected chi connectivity index (χ1v) is 8.51. The van der Waals surface area contributed by atoms with Gasteiger partial charge in [-0.3, -0.25) is 9.71 Å². The van der Waals surface area contributed by atoms with Crippen molar-refractivity contribution >= 4 is 26.6 Å². The van der Waals surface area contributed by atoms with Crippen molar-refractivity contribution in [2.75, 3.05) is 11.8 Å². The molecule has 3 aromatic rings. The van der Waals surface area contributed by atoms with Gasteiger partial charge in [-0.2, -0.15) is 0 Å². The van der Waals surface area contributed by atoms with Crippen molar-refractivity contribution in [3.8, 4) is 5.75 Å². The van der Waals surface area contributed by atoms with Gasteiger partial charge in [0.15, 0.2) is 0 Å². The third kappa shape index (κ3) is 2.98. The van der Waals surface area contributed by atoms with E-state index in [1.165, 1.54) is 0 Å². The van der Waals surface area contributed by atoms with Gasteiger partial charge in [0, 0.05) is 11.6 Å².